The first-order chi connectivity index (χ1) is 8.56. The minimum absolute atomic E-state index is 0.0849. The van der Waals surface area contributed by atoms with Gasteiger partial charge in [-0.1, -0.05) is 23.2 Å². The van der Waals surface area contributed by atoms with Gasteiger partial charge in [0.1, 0.15) is 23.0 Å². The zero-order chi connectivity index (χ0) is 13.1. The van der Waals surface area contributed by atoms with Crippen LogP contribution in [0.15, 0.2) is 30.6 Å². The largest absolute Gasteiger partial charge is 0.506 e. The number of amides is 1. The highest BCUT2D eigenvalue weighted by Gasteiger charge is 2.09. The lowest BCUT2D eigenvalue weighted by Crippen LogP contribution is -2.12. The van der Waals surface area contributed by atoms with Gasteiger partial charge in [-0.2, -0.15) is 0 Å². The standard InChI is InChI=1S/C11H7Cl2N3O2/c12-7-3-6(1-2-8(7)17)11(18)16-10-4-9(13)14-5-15-10/h1-5,17H,(H,14,15,16,18). The molecule has 0 aliphatic rings. The van der Waals surface area contributed by atoms with Gasteiger partial charge in [-0.3, -0.25) is 4.79 Å². The Morgan fingerprint density at radius 2 is 2.00 bits per heavy atom. The second-order valence-corrected chi connectivity index (χ2v) is 4.14. The normalized spacial score (nSPS) is 10.1. The molecule has 1 amide bonds. The van der Waals surface area contributed by atoms with Gasteiger partial charge in [0.15, 0.2) is 0 Å². The molecule has 0 aliphatic heterocycles. The van der Waals surface area contributed by atoms with E-state index in [1.807, 2.05) is 0 Å². The molecule has 7 heteroatoms. The van der Waals surface area contributed by atoms with Gasteiger partial charge >= 0.3 is 0 Å². The zero-order valence-electron chi connectivity index (χ0n) is 8.89. The van der Waals surface area contributed by atoms with Gasteiger partial charge in [0.25, 0.3) is 5.91 Å². The average molecular weight is 284 g/mol. The van der Waals surface area contributed by atoms with Crippen molar-refractivity contribution in [1.82, 2.24) is 9.97 Å². The van der Waals surface area contributed by atoms with Crippen LogP contribution in [0.3, 0.4) is 0 Å². The fourth-order valence-corrected chi connectivity index (χ4v) is 1.57. The minimum Gasteiger partial charge on any atom is -0.506 e. The zero-order valence-corrected chi connectivity index (χ0v) is 10.4. The molecule has 2 rings (SSSR count). The topological polar surface area (TPSA) is 75.1 Å². The molecule has 0 bridgehead atoms. The van der Waals surface area contributed by atoms with Gasteiger partial charge in [-0.15, -0.1) is 0 Å². The van der Waals surface area contributed by atoms with Crippen molar-refractivity contribution in [1.29, 1.82) is 0 Å². The highest BCUT2D eigenvalue weighted by Crippen LogP contribution is 2.24. The van der Waals surface area contributed by atoms with Crippen LogP contribution >= 0.6 is 23.2 Å². The number of anilines is 1. The highest BCUT2D eigenvalue weighted by atomic mass is 35.5. The first-order valence-corrected chi connectivity index (χ1v) is 5.59. The van der Waals surface area contributed by atoms with Crippen LogP contribution in [0.25, 0.3) is 0 Å². The Balaban J connectivity index is 2.19. The lowest BCUT2D eigenvalue weighted by Gasteiger charge is -2.05. The molecule has 0 fully saturated rings. The Kier molecular flexibility index (Phi) is 3.64. The second-order valence-electron chi connectivity index (χ2n) is 3.35. The fourth-order valence-electron chi connectivity index (χ4n) is 1.24. The number of nitrogens with zero attached hydrogens (tertiary/aromatic N) is 2. The number of hydrogen-bond donors (Lipinski definition) is 2. The van der Waals surface area contributed by atoms with E-state index in [2.05, 4.69) is 15.3 Å². The summed E-state index contributed by atoms with van der Waals surface area (Å²) in [5.41, 5.74) is 0.299. The van der Waals surface area contributed by atoms with E-state index in [0.29, 0.717) is 5.56 Å². The SMILES string of the molecule is O=C(Nc1cc(Cl)ncn1)c1ccc(O)c(Cl)c1. The van der Waals surface area contributed by atoms with E-state index in [0.717, 1.165) is 0 Å². The average Bonchev–Trinajstić information content (AvgIpc) is 2.32. The number of aromatic hydroxyl groups is 1. The van der Waals surface area contributed by atoms with Crippen molar-refractivity contribution in [2.75, 3.05) is 5.32 Å². The molecule has 92 valence electrons. The number of carbonyl (C=O) groups excluding carboxylic acids is 1. The summed E-state index contributed by atoms with van der Waals surface area (Å²) < 4.78 is 0. The van der Waals surface area contributed by atoms with Gasteiger partial charge in [-0.25, -0.2) is 9.97 Å². The molecule has 18 heavy (non-hydrogen) atoms. The summed E-state index contributed by atoms with van der Waals surface area (Å²) in [5, 5.41) is 12.1. The maximum atomic E-state index is 11.8. The first-order valence-electron chi connectivity index (χ1n) is 4.83. The fraction of sp³-hybridized carbons (Fsp3) is 0. The number of benzene rings is 1. The molecule has 0 spiro atoms. The van der Waals surface area contributed by atoms with E-state index in [1.54, 1.807) is 0 Å². The lowest BCUT2D eigenvalue weighted by molar-refractivity contribution is 0.102. The summed E-state index contributed by atoms with van der Waals surface area (Å²) in [6.45, 7) is 0. The van der Waals surface area contributed by atoms with Crippen molar-refractivity contribution in [3.8, 4) is 5.75 Å². The van der Waals surface area contributed by atoms with E-state index in [9.17, 15) is 9.90 Å². The smallest absolute Gasteiger partial charge is 0.256 e. The van der Waals surface area contributed by atoms with Crippen molar-refractivity contribution >= 4 is 34.9 Å². The van der Waals surface area contributed by atoms with E-state index >= 15 is 0 Å². The van der Waals surface area contributed by atoms with Crippen LogP contribution in [0.1, 0.15) is 10.4 Å². The van der Waals surface area contributed by atoms with Crippen LogP contribution in [0, 0.1) is 0 Å². The Bertz CT molecular complexity index is 605. The number of phenolic OH excluding ortho intramolecular Hbond substituents is 1. The van der Waals surface area contributed by atoms with Crippen LogP contribution < -0.4 is 5.32 Å². The van der Waals surface area contributed by atoms with Gasteiger partial charge < -0.3 is 10.4 Å². The van der Waals surface area contributed by atoms with E-state index in [4.69, 9.17) is 23.2 Å². The maximum absolute atomic E-state index is 11.8. The van der Waals surface area contributed by atoms with Gasteiger partial charge in [0.2, 0.25) is 0 Å². The Morgan fingerprint density at radius 1 is 1.22 bits per heavy atom. The molecule has 5 nitrogen and oxygen atoms in total. The highest BCUT2D eigenvalue weighted by molar-refractivity contribution is 6.32. The second kappa shape index (κ2) is 5.20. The molecular weight excluding hydrogens is 277 g/mol. The summed E-state index contributed by atoms with van der Waals surface area (Å²) in [6.07, 6.45) is 1.24. The molecule has 0 saturated heterocycles. The van der Waals surface area contributed by atoms with Gasteiger partial charge in [0.05, 0.1) is 5.02 Å². The molecule has 2 aromatic rings. The summed E-state index contributed by atoms with van der Waals surface area (Å²) in [5.74, 6) is -0.214. The monoisotopic (exact) mass is 283 g/mol. The van der Waals surface area contributed by atoms with Crippen LogP contribution in [0.5, 0.6) is 5.75 Å². The first kappa shape index (κ1) is 12.6. The number of aromatic nitrogens is 2. The number of carbonyl (C=O) groups is 1. The molecule has 0 saturated carbocycles. The number of rotatable bonds is 2. The summed E-state index contributed by atoms with van der Waals surface area (Å²) in [4.78, 5) is 19.4. The molecule has 0 aliphatic carbocycles. The molecule has 0 unspecified atom stereocenters. The van der Waals surface area contributed by atoms with Crippen molar-refractivity contribution in [3.63, 3.8) is 0 Å². The molecule has 1 aromatic heterocycles. The van der Waals surface area contributed by atoms with Crippen molar-refractivity contribution in [2.45, 2.75) is 0 Å². The number of hydrogen-bond acceptors (Lipinski definition) is 4. The predicted octanol–water partition coefficient (Wildman–Crippen LogP) is 2.74. The predicted molar refractivity (Wildman–Crippen MR) is 68.1 cm³/mol. The minimum atomic E-state index is -0.410. The van der Waals surface area contributed by atoms with Crippen LogP contribution in [0.2, 0.25) is 10.2 Å². The van der Waals surface area contributed by atoms with Crippen LogP contribution in [0.4, 0.5) is 5.82 Å². The van der Waals surface area contributed by atoms with E-state index < -0.39 is 5.91 Å². The molecular formula is C11H7Cl2N3O2. The molecule has 0 atom stereocenters. The van der Waals surface area contributed by atoms with Crippen molar-refractivity contribution < 1.29 is 9.90 Å². The lowest BCUT2D eigenvalue weighted by atomic mass is 10.2. The van der Waals surface area contributed by atoms with Crippen LogP contribution in [-0.2, 0) is 0 Å². The third-order valence-electron chi connectivity index (χ3n) is 2.09. The van der Waals surface area contributed by atoms with E-state index in [1.165, 1.54) is 30.6 Å². The third kappa shape index (κ3) is 2.88. The molecule has 2 N–H and O–H groups in total. The summed E-state index contributed by atoms with van der Waals surface area (Å²) in [7, 11) is 0. The number of nitrogens with one attached hydrogen (secondary N) is 1. The molecule has 0 radical (unpaired) electrons. The molecule has 1 heterocycles. The quantitative estimate of drug-likeness (QED) is 0.831. The van der Waals surface area contributed by atoms with Gasteiger partial charge in [0, 0.05) is 11.6 Å². The van der Waals surface area contributed by atoms with Crippen molar-refractivity contribution in [2.24, 2.45) is 0 Å². The van der Waals surface area contributed by atoms with Gasteiger partial charge in [-0.05, 0) is 18.2 Å². The number of phenols is 1. The molecule has 1 aromatic carbocycles. The Morgan fingerprint density at radius 3 is 2.67 bits per heavy atom. The maximum Gasteiger partial charge on any atom is 0.256 e. The van der Waals surface area contributed by atoms with E-state index in [-0.39, 0.29) is 21.7 Å². The number of halogens is 2. The Hall–Kier alpha value is -1.85. The summed E-state index contributed by atoms with van der Waals surface area (Å²) in [6, 6.07) is 5.56. The Labute approximate surface area is 112 Å². The van der Waals surface area contributed by atoms with Crippen LogP contribution in [-0.4, -0.2) is 21.0 Å². The third-order valence-corrected chi connectivity index (χ3v) is 2.59. The van der Waals surface area contributed by atoms with Crippen molar-refractivity contribution in [3.05, 3.63) is 46.3 Å². The summed E-state index contributed by atoms with van der Waals surface area (Å²) >= 11 is 11.4.